The molecule has 5 nitrogen and oxygen atoms in total. The molecule has 1 aliphatic heterocycles. The van der Waals surface area contributed by atoms with Gasteiger partial charge in [-0.1, -0.05) is 0 Å². The Morgan fingerprint density at radius 1 is 1.42 bits per heavy atom. The van der Waals surface area contributed by atoms with Gasteiger partial charge in [-0.3, -0.25) is 9.69 Å². The number of imidazole rings is 1. The molecule has 1 atom stereocenters. The van der Waals surface area contributed by atoms with E-state index in [4.69, 9.17) is 4.74 Å². The van der Waals surface area contributed by atoms with Crippen LogP contribution in [0, 0.1) is 0 Å². The predicted molar refractivity (Wildman–Crippen MR) is 72.7 cm³/mol. The van der Waals surface area contributed by atoms with Crippen molar-refractivity contribution in [2.24, 2.45) is 0 Å². The van der Waals surface area contributed by atoms with Crippen molar-refractivity contribution in [3.05, 3.63) is 18.7 Å². The summed E-state index contributed by atoms with van der Waals surface area (Å²) in [5, 5.41) is 0. The highest BCUT2D eigenvalue weighted by atomic mass is 16.6. The molecule has 2 heterocycles. The number of carbonyl (C=O) groups is 1. The molecule has 1 aromatic rings. The van der Waals surface area contributed by atoms with E-state index in [0.717, 1.165) is 32.5 Å². The molecule has 0 spiro atoms. The second-order valence-electron chi connectivity index (χ2n) is 6.03. The molecule has 0 bridgehead atoms. The lowest BCUT2D eigenvalue weighted by Crippen LogP contribution is -2.41. The first-order valence-corrected chi connectivity index (χ1v) is 6.88. The van der Waals surface area contributed by atoms with Gasteiger partial charge in [0, 0.05) is 25.5 Å². The maximum absolute atomic E-state index is 12.1. The van der Waals surface area contributed by atoms with Crippen molar-refractivity contribution in [1.82, 2.24) is 14.5 Å². The summed E-state index contributed by atoms with van der Waals surface area (Å²) in [5.74, 6) is -0.0874. The first kappa shape index (κ1) is 14.1. The molecule has 1 saturated heterocycles. The third kappa shape index (κ3) is 4.06. The minimum absolute atomic E-state index is 0.0808. The van der Waals surface area contributed by atoms with E-state index in [-0.39, 0.29) is 12.0 Å². The highest BCUT2D eigenvalue weighted by molar-refractivity contribution is 5.76. The van der Waals surface area contributed by atoms with Gasteiger partial charge in [-0.2, -0.15) is 0 Å². The predicted octanol–water partition coefficient (Wildman–Crippen LogP) is 1.69. The number of likely N-dealkylation sites (tertiary alicyclic amines) is 1. The Morgan fingerprint density at radius 3 is 2.84 bits per heavy atom. The number of carbonyl (C=O) groups excluding carboxylic acids is 1. The van der Waals surface area contributed by atoms with Crippen molar-refractivity contribution in [1.29, 1.82) is 0 Å². The van der Waals surface area contributed by atoms with Crippen molar-refractivity contribution < 1.29 is 9.53 Å². The minimum Gasteiger partial charge on any atom is -0.459 e. The van der Waals surface area contributed by atoms with Crippen molar-refractivity contribution in [3.8, 4) is 0 Å². The van der Waals surface area contributed by atoms with Crippen LogP contribution in [0.5, 0.6) is 0 Å². The largest absolute Gasteiger partial charge is 0.459 e. The molecule has 1 fully saturated rings. The molecule has 0 radical (unpaired) electrons. The first-order chi connectivity index (χ1) is 8.96. The zero-order valence-corrected chi connectivity index (χ0v) is 12.0. The zero-order chi connectivity index (χ0) is 13.9. The quantitative estimate of drug-likeness (QED) is 0.777. The molecule has 5 heteroatoms. The molecular formula is C14H23N3O2. The average molecular weight is 265 g/mol. The van der Waals surface area contributed by atoms with Gasteiger partial charge in [0.1, 0.15) is 11.6 Å². The molecule has 106 valence electrons. The number of hydrogen-bond acceptors (Lipinski definition) is 4. The van der Waals surface area contributed by atoms with E-state index in [9.17, 15) is 4.79 Å². The number of esters is 1. The number of hydrogen-bond donors (Lipinski definition) is 0. The summed E-state index contributed by atoms with van der Waals surface area (Å²) in [7, 11) is 0. The topological polar surface area (TPSA) is 47.4 Å². The number of nitrogens with zero attached hydrogens (tertiary/aromatic N) is 3. The number of rotatable bonds is 4. The Hall–Kier alpha value is -1.36. The van der Waals surface area contributed by atoms with Crippen molar-refractivity contribution in [2.75, 3.05) is 13.1 Å². The molecular weight excluding hydrogens is 242 g/mol. The van der Waals surface area contributed by atoms with Crippen LogP contribution in [0.4, 0.5) is 0 Å². The standard InChI is InChI=1S/C14H23N3O2/c1-14(2,3)19-13(18)12-5-4-7-17(12)10-9-16-8-6-15-11-16/h6,8,11-12H,4-5,7,9-10H2,1-3H3/t12-/m1/s1. The van der Waals surface area contributed by atoms with Crippen LogP contribution in [-0.4, -0.2) is 45.2 Å². The van der Waals surface area contributed by atoms with Gasteiger partial charge in [0.15, 0.2) is 0 Å². The van der Waals surface area contributed by atoms with Gasteiger partial charge < -0.3 is 9.30 Å². The molecule has 19 heavy (non-hydrogen) atoms. The Labute approximate surface area is 114 Å². The van der Waals surface area contributed by atoms with Crippen LogP contribution >= 0.6 is 0 Å². The minimum atomic E-state index is -0.407. The smallest absolute Gasteiger partial charge is 0.323 e. The monoisotopic (exact) mass is 265 g/mol. The summed E-state index contributed by atoms with van der Waals surface area (Å²) < 4.78 is 7.52. The molecule has 0 amide bonds. The van der Waals surface area contributed by atoms with E-state index in [1.807, 2.05) is 31.5 Å². The summed E-state index contributed by atoms with van der Waals surface area (Å²) in [6, 6.07) is -0.0808. The SMILES string of the molecule is CC(C)(C)OC(=O)[C@H]1CCCN1CCn1ccnc1. The maximum atomic E-state index is 12.1. The van der Waals surface area contributed by atoms with Crippen LogP contribution < -0.4 is 0 Å². The van der Waals surface area contributed by atoms with Crippen molar-refractivity contribution in [3.63, 3.8) is 0 Å². The Kier molecular flexibility index (Phi) is 4.24. The van der Waals surface area contributed by atoms with Gasteiger partial charge >= 0.3 is 5.97 Å². The molecule has 1 aliphatic rings. The third-order valence-corrected chi connectivity index (χ3v) is 3.25. The van der Waals surface area contributed by atoms with Gasteiger partial charge in [-0.15, -0.1) is 0 Å². The summed E-state index contributed by atoms with van der Waals surface area (Å²) in [6.45, 7) is 8.43. The fourth-order valence-corrected chi connectivity index (χ4v) is 2.39. The summed E-state index contributed by atoms with van der Waals surface area (Å²) in [5.41, 5.74) is -0.407. The van der Waals surface area contributed by atoms with E-state index in [1.54, 1.807) is 12.5 Å². The maximum Gasteiger partial charge on any atom is 0.323 e. The van der Waals surface area contributed by atoms with Gasteiger partial charge in [0.2, 0.25) is 0 Å². The van der Waals surface area contributed by atoms with Crippen LogP contribution in [0.2, 0.25) is 0 Å². The normalized spacial score (nSPS) is 20.7. The van der Waals surface area contributed by atoms with E-state index < -0.39 is 5.60 Å². The molecule has 0 aliphatic carbocycles. The highest BCUT2D eigenvalue weighted by Gasteiger charge is 2.33. The molecule has 0 aromatic carbocycles. The summed E-state index contributed by atoms with van der Waals surface area (Å²) in [4.78, 5) is 18.4. The molecule has 2 rings (SSSR count). The zero-order valence-electron chi connectivity index (χ0n) is 12.0. The van der Waals surface area contributed by atoms with Crippen LogP contribution in [0.1, 0.15) is 33.6 Å². The van der Waals surface area contributed by atoms with Gasteiger partial charge in [-0.25, -0.2) is 4.98 Å². The summed E-state index contributed by atoms with van der Waals surface area (Å²) >= 11 is 0. The van der Waals surface area contributed by atoms with E-state index in [2.05, 4.69) is 9.88 Å². The number of aromatic nitrogens is 2. The summed E-state index contributed by atoms with van der Waals surface area (Å²) in [6.07, 6.45) is 7.49. The lowest BCUT2D eigenvalue weighted by Gasteiger charge is -2.27. The highest BCUT2D eigenvalue weighted by Crippen LogP contribution is 2.20. The second kappa shape index (κ2) is 5.74. The average Bonchev–Trinajstić information content (AvgIpc) is 2.95. The second-order valence-corrected chi connectivity index (χ2v) is 6.03. The van der Waals surface area contributed by atoms with Gasteiger partial charge in [0.25, 0.3) is 0 Å². The van der Waals surface area contributed by atoms with Crippen LogP contribution in [0.15, 0.2) is 18.7 Å². The van der Waals surface area contributed by atoms with E-state index in [0.29, 0.717) is 0 Å². The molecule has 0 saturated carbocycles. The van der Waals surface area contributed by atoms with Gasteiger partial charge in [0.05, 0.1) is 6.33 Å². The van der Waals surface area contributed by atoms with Crippen molar-refractivity contribution in [2.45, 2.75) is 51.8 Å². The lowest BCUT2D eigenvalue weighted by atomic mass is 10.1. The van der Waals surface area contributed by atoms with Crippen molar-refractivity contribution >= 4 is 5.97 Å². The molecule has 0 unspecified atom stereocenters. The Bertz CT molecular complexity index is 409. The molecule has 0 N–H and O–H groups in total. The Morgan fingerprint density at radius 2 is 2.21 bits per heavy atom. The van der Waals surface area contributed by atoms with Gasteiger partial charge in [-0.05, 0) is 40.2 Å². The van der Waals surface area contributed by atoms with E-state index in [1.165, 1.54) is 0 Å². The molecule has 1 aromatic heterocycles. The van der Waals surface area contributed by atoms with Crippen LogP contribution in [0.25, 0.3) is 0 Å². The fourth-order valence-electron chi connectivity index (χ4n) is 2.39. The first-order valence-electron chi connectivity index (χ1n) is 6.88. The number of ether oxygens (including phenoxy) is 1. The van der Waals surface area contributed by atoms with E-state index >= 15 is 0 Å². The van der Waals surface area contributed by atoms with Crippen LogP contribution in [-0.2, 0) is 16.1 Å². The third-order valence-electron chi connectivity index (χ3n) is 3.25. The fraction of sp³-hybridized carbons (Fsp3) is 0.714. The Balaban J connectivity index is 1.87. The lowest BCUT2D eigenvalue weighted by molar-refractivity contribution is -0.160. The van der Waals surface area contributed by atoms with Crippen LogP contribution in [0.3, 0.4) is 0 Å².